The van der Waals surface area contributed by atoms with Gasteiger partial charge in [0.15, 0.2) is 0 Å². The number of ether oxygens (including phenoxy) is 1. The predicted molar refractivity (Wildman–Crippen MR) is 56.1 cm³/mol. The summed E-state index contributed by atoms with van der Waals surface area (Å²) >= 11 is 0. The normalized spacial score (nSPS) is 19.1. The van der Waals surface area contributed by atoms with Crippen LogP contribution in [0.4, 0.5) is 0 Å². The number of hydrogen-bond acceptors (Lipinski definition) is 3. The monoisotopic (exact) mass is 199 g/mol. The molecule has 1 rings (SSSR count). The summed E-state index contributed by atoms with van der Waals surface area (Å²) in [6.07, 6.45) is 4.75. The molecule has 1 saturated carbocycles. The van der Waals surface area contributed by atoms with Crippen LogP contribution in [-0.4, -0.2) is 24.2 Å². The van der Waals surface area contributed by atoms with E-state index >= 15 is 0 Å². The summed E-state index contributed by atoms with van der Waals surface area (Å²) in [4.78, 5) is 11.3. The van der Waals surface area contributed by atoms with Gasteiger partial charge >= 0.3 is 5.97 Å². The Morgan fingerprint density at radius 3 is 2.50 bits per heavy atom. The third kappa shape index (κ3) is 2.98. The lowest BCUT2D eigenvalue weighted by atomic mass is 9.75. The topological polar surface area (TPSA) is 38.3 Å². The summed E-state index contributed by atoms with van der Waals surface area (Å²) in [5, 5.41) is 3.31. The Hall–Kier alpha value is -0.570. The molecule has 1 aliphatic rings. The first-order valence-corrected chi connectivity index (χ1v) is 5.52. The van der Waals surface area contributed by atoms with Crippen LogP contribution in [0.3, 0.4) is 0 Å². The van der Waals surface area contributed by atoms with Gasteiger partial charge < -0.3 is 10.1 Å². The van der Waals surface area contributed by atoms with Crippen LogP contribution in [0.25, 0.3) is 0 Å². The highest BCUT2D eigenvalue weighted by Crippen LogP contribution is 2.34. The van der Waals surface area contributed by atoms with Gasteiger partial charge in [-0.15, -0.1) is 0 Å². The Labute approximate surface area is 86.2 Å². The van der Waals surface area contributed by atoms with Crippen molar-refractivity contribution in [2.75, 3.05) is 6.54 Å². The van der Waals surface area contributed by atoms with Gasteiger partial charge in [-0.25, -0.2) is 0 Å². The van der Waals surface area contributed by atoms with Crippen LogP contribution in [-0.2, 0) is 9.53 Å². The van der Waals surface area contributed by atoms with Gasteiger partial charge in [-0.3, -0.25) is 4.79 Å². The van der Waals surface area contributed by atoms with Gasteiger partial charge in [0.2, 0.25) is 0 Å². The fourth-order valence-electron chi connectivity index (χ4n) is 1.82. The van der Waals surface area contributed by atoms with Crippen molar-refractivity contribution in [3.05, 3.63) is 0 Å². The van der Waals surface area contributed by atoms with Crippen molar-refractivity contribution < 1.29 is 9.53 Å². The zero-order valence-corrected chi connectivity index (χ0v) is 9.43. The molecule has 3 nitrogen and oxygen atoms in total. The molecule has 0 aromatic heterocycles. The highest BCUT2D eigenvalue weighted by molar-refractivity contribution is 5.71. The van der Waals surface area contributed by atoms with Gasteiger partial charge in [0, 0.05) is 5.54 Å². The SMILES string of the molecule is CCC1(NCC(=O)OC(C)C)CCC1. The van der Waals surface area contributed by atoms with Gasteiger partial charge in [0.1, 0.15) is 0 Å². The van der Waals surface area contributed by atoms with Crippen LogP contribution < -0.4 is 5.32 Å². The number of hydrogen-bond donors (Lipinski definition) is 1. The van der Waals surface area contributed by atoms with Crippen molar-refractivity contribution in [1.29, 1.82) is 0 Å². The Morgan fingerprint density at radius 1 is 1.50 bits per heavy atom. The Bertz CT molecular complexity index is 192. The molecular weight excluding hydrogens is 178 g/mol. The lowest BCUT2D eigenvalue weighted by Crippen LogP contribution is -2.52. The highest BCUT2D eigenvalue weighted by atomic mass is 16.5. The van der Waals surface area contributed by atoms with Gasteiger partial charge in [-0.2, -0.15) is 0 Å². The lowest BCUT2D eigenvalue weighted by Gasteiger charge is -2.42. The highest BCUT2D eigenvalue weighted by Gasteiger charge is 2.34. The molecular formula is C11H21NO2. The maximum Gasteiger partial charge on any atom is 0.320 e. The van der Waals surface area contributed by atoms with Gasteiger partial charge in [0.05, 0.1) is 12.6 Å². The molecule has 3 heteroatoms. The molecule has 0 radical (unpaired) electrons. The first-order valence-electron chi connectivity index (χ1n) is 5.52. The number of carbonyl (C=O) groups excluding carboxylic acids is 1. The number of carbonyl (C=O) groups is 1. The second-order valence-corrected chi connectivity index (χ2v) is 4.38. The molecule has 0 aliphatic heterocycles. The van der Waals surface area contributed by atoms with Crippen molar-refractivity contribution in [3.63, 3.8) is 0 Å². The fraction of sp³-hybridized carbons (Fsp3) is 0.909. The summed E-state index contributed by atoms with van der Waals surface area (Å²) in [6, 6.07) is 0. The van der Waals surface area contributed by atoms with E-state index in [1.165, 1.54) is 19.3 Å². The Morgan fingerprint density at radius 2 is 2.14 bits per heavy atom. The summed E-state index contributed by atoms with van der Waals surface area (Å²) in [7, 11) is 0. The largest absolute Gasteiger partial charge is 0.462 e. The Kier molecular flexibility index (Phi) is 3.93. The quantitative estimate of drug-likeness (QED) is 0.687. The molecule has 0 spiro atoms. The van der Waals surface area contributed by atoms with Crippen molar-refractivity contribution in [3.8, 4) is 0 Å². The standard InChI is InChI=1S/C11H21NO2/c1-4-11(6-5-7-11)12-8-10(13)14-9(2)3/h9,12H,4-8H2,1-3H3. The molecule has 0 aromatic rings. The van der Waals surface area contributed by atoms with Crippen LogP contribution in [0.1, 0.15) is 46.5 Å². The summed E-state index contributed by atoms with van der Waals surface area (Å²) < 4.78 is 5.06. The molecule has 0 unspecified atom stereocenters. The van der Waals surface area contributed by atoms with E-state index in [9.17, 15) is 4.79 Å². The molecule has 0 aromatic carbocycles. The van der Waals surface area contributed by atoms with E-state index in [1.807, 2.05) is 13.8 Å². The first-order chi connectivity index (χ1) is 6.58. The zero-order valence-electron chi connectivity index (χ0n) is 9.43. The molecule has 0 saturated heterocycles. The van der Waals surface area contributed by atoms with Gasteiger partial charge in [-0.05, 0) is 39.5 Å². The molecule has 0 amide bonds. The smallest absolute Gasteiger partial charge is 0.320 e. The molecule has 1 fully saturated rings. The minimum Gasteiger partial charge on any atom is -0.462 e. The van der Waals surface area contributed by atoms with E-state index in [2.05, 4.69) is 12.2 Å². The van der Waals surface area contributed by atoms with Crippen LogP contribution in [0, 0.1) is 0 Å². The molecule has 14 heavy (non-hydrogen) atoms. The minimum absolute atomic E-state index is 0.0109. The van der Waals surface area contributed by atoms with Crippen LogP contribution in [0.15, 0.2) is 0 Å². The fourth-order valence-corrected chi connectivity index (χ4v) is 1.82. The zero-order chi connectivity index (χ0) is 10.6. The maximum atomic E-state index is 11.3. The van der Waals surface area contributed by atoms with Crippen LogP contribution in [0.2, 0.25) is 0 Å². The maximum absolute atomic E-state index is 11.3. The van der Waals surface area contributed by atoms with Gasteiger partial charge in [-0.1, -0.05) is 6.92 Å². The summed E-state index contributed by atoms with van der Waals surface area (Å²) in [5.41, 5.74) is 0.232. The lowest BCUT2D eigenvalue weighted by molar-refractivity contribution is -0.146. The molecule has 1 N–H and O–H groups in total. The van der Waals surface area contributed by atoms with Gasteiger partial charge in [0.25, 0.3) is 0 Å². The van der Waals surface area contributed by atoms with Crippen LogP contribution in [0.5, 0.6) is 0 Å². The average Bonchev–Trinajstić information content (AvgIpc) is 2.01. The first kappa shape index (κ1) is 11.5. The van der Waals surface area contributed by atoms with E-state index < -0.39 is 0 Å². The van der Waals surface area contributed by atoms with E-state index in [0.29, 0.717) is 6.54 Å². The van der Waals surface area contributed by atoms with Crippen molar-refractivity contribution >= 4 is 5.97 Å². The average molecular weight is 199 g/mol. The van der Waals surface area contributed by atoms with E-state index in [4.69, 9.17) is 4.74 Å². The van der Waals surface area contributed by atoms with Crippen molar-refractivity contribution in [2.24, 2.45) is 0 Å². The van der Waals surface area contributed by atoms with E-state index in [0.717, 1.165) is 6.42 Å². The number of nitrogens with one attached hydrogen (secondary N) is 1. The van der Waals surface area contributed by atoms with Crippen LogP contribution >= 0.6 is 0 Å². The number of esters is 1. The second-order valence-electron chi connectivity index (χ2n) is 4.38. The summed E-state index contributed by atoms with van der Waals surface area (Å²) in [5.74, 6) is -0.139. The van der Waals surface area contributed by atoms with E-state index in [-0.39, 0.29) is 17.6 Å². The Balaban J connectivity index is 2.22. The minimum atomic E-state index is -0.139. The van der Waals surface area contributed by atoms with Crippen molar-refractivity contribution in [1.82, 2.24) is 5.32 Å². The second kappa shape index (κ2) is 4.78. The molecule has 0 atom stereocenters. The number of rotatable bonds is 5. The molecule has 0 bridgehead atoms. The predicted octanol–water partition coefficient (Wildman–Crippen LogP) is 1.86. The third-order valence-corrected chi connectivity index (χ3v) is 2.96. The molecule has 82 valence electrons. The molecule has 0 heterocycles. The van der Waals surface area contributed by atoms with Crippen molar-refractivity contribution in [2.45, 2.75) is 58.1 Å². The van der Waals surface area contributed by atoms with E-state index in [1.54, 1.807) is 0 Å². The molecule has 1 aliphatic carbocycles. The summed E-state index contributed by atoms with van der Waals surface area (Å²) in [6.45, 7) is 6.26. The third-order valence-electron chi connectivity index (χ3n) is 2.96.